The van der Waals surface area contributed by atoms with Crippen LogP contribution >= 0.6 is 15.9 Å². The van der Waals surface area contributed by atoms with Crippen LogP contribution in [0.3, 0.4) is 0 Å². The highest BCUT2D eigenvalue weighted by molar-refractivity contribution is 9.09. The summed E-state index contributed by atoms with van der Waals surface area (Å²) in [5, 5.41) is 15.0. The van der Waals surface area contributed by atoms with Crippen LogP contribution in [-0.2, 0) is 14.9 Å². The maximum atomic E-state index is 12.9. The Morgan fingerprint density at radius 2 is 2.28 bits per heavy atom. The number of nitrogens with zero attached hydrogens (tertiary/aromatic N) is 2. The number of hydrogen-bond acceptors (Lipinski definition) is 6. The van der Waals surface area contributed by atoms with Crippen molar-refractivity contribution in [3.8, 4) is 0 Å². The fourth-order valence-electron chi connectivity index (χ4n) is 6.60. The quantitative estimate of drug-likeness (QED) is 0.319. The second-order valence-corrected chi connectivity index (χ2v) is 9.79. The summed E-state index contributed by atoms with van der Waals surface area (Å²) in [4.78, 5) is 26.7. The number of halogens is 1. The molecule has 1 N–H and O–H groups in total. The zero-order valence-electron chi connectivity index (χ0n) is 16.5. The Balaban J connectivity index is 1.85. The van der Waals surface area contributed by atoms with Crippen molar-refractivity contribution >= 4 is 33.3 Å². The van der Waals surface area contributed by atoms with Gasteiger partial charge in [-0.1, -0.05) is 22.9 Å². The lowest BCUT2D eigenvalue weighted by Gasteiger charge is -2.56. The molecule has 8 heteroatoms. The van der Waals surface area contributed by atoms with E-state index in [1.807, 2.05) is 0 Å². The van der Waals surface area contributed by atoms with Gasteiger partial charge >= 0.3 is 5.97 Å². The third kappa shape index (κ3) is 2.24. The molecule has 3 heterocycles. The Hall–Kier alpha value is -1.93. The number of nitro groups is 1. The monoisotopic (exact) mass is 461 g/mol. The number of benzene rings is 1. The molecule has 1 aromatic carbocycles. The number of carbonyl (C=O) groups excluding carboxylic acids is 1. The lowest BCUT2D eigenvalue weighted by molar-refractivity contribution is -0.384. The van der Waals surface area contributed by atoms with Gasteiger partial charge in [0.2, 0.25) is 0 Å². The van der Waals surface area contributed by atoms with E-state index in [2.05, 4.69) is 33.1 Å². The topological polar surface area (TPSA) is 84.7 Å². The molecule has 0 saturated carbocycles. The minimum atomic E-state index is -0.514. The maximum absolute atomic E-state index is 12.9. The summed E-state index contributed by atoms with van der Waals surface area (Å²) in [7, 11) is 1.42. The first-order chi connectivity index (χ1) is 13.9. The predicted molar refractivity (Wildman–Crippen MR) is 112 cm³/mol. The molecule has 2 saturated heterocycles. The zero-order valence-corrected chi connectivity index (χ0v) is 18.1. The molecule has 0 amide bonds. The van der Waals surface area contributed by atoms with Crippen molar-refractivity contribution in [2.75, 3.05) is 25.5 Å². The highest BCUT2D eigenvalue weighted by atomic mass is 79.9. The summed E-state index contributed by atoms with van der Waals surface area (Å²) in [5.41, 5.74) is 2.87. The van der Waals surface area contributed by atoms with Gasteiger partial charge in [0.1, 0.15) is 0 Å². The average Bonchev–Trinajstić information content (AvgIpc) is 3.23. The molecule has 4 atom stereocenters. The van der Waals surface area contributed by atoms with Gasteiger partial charge in [-0.3, -0.25) is 15.0 Å². The van der Waals surface area contributed by atoms with Gasteiger partial charge in [0.15, 0.2) is 0 Å². The number of hydrogen-bond donors (Lipinski definition) is 1. The molecule has 1 aromatic rings. The Bertz CT molecular complexity index is 963. The number of carbonyl (C=O) groups is 1. The Labute approximate surface area is 177 Å². The van der Waals surface area contributed by atoms with Crippen molar-refractivity contribution in [1.29, 1.82) is 0 Å². The van der Waals surface area contributed by atoms with Crippen LogP contribution < -0.4 is 5.32 Å². The van der Waals surface area contributed by atoms with Gasteiger partial charge in [0, 0.05) is 40.9 Å². The Morgan fingerprint density at radius 3 is 2.97 bits per heavy atom. The van der Waals surface area contributed by atoms with E-state index in [1.54, 1.807) is 12.1 Å². The summed E-state index contributed by atoms with van der Waals surface area (Å²) in [6, 6.07) is 5.21. The van der Waals surface area contributed by atoms with Crippen molar-refractivity contribution in [2.24, 2.45) is 5.41 Å². The first-order valence-corrected chi connectivity index (χ1v) is 11.1. The van der Waals surface area contributed by atoms with Gasteiger partial charge in [-0.25, -0.2) is 4.79 Å². The van der Waals surface area contributed by atoms with Gasteiger partial charge in [-0.15, -0.1) is 0 Å². The number of nitro benzene ring substituents is 1. The van der Waals surface area contributed by atoms with E-state index >= 15 is 0 Å². The largest absolute Gasteiger partial charge is 0.466 e. The second kappa shape index (κ2) is 6.28. The van der Waals surface area contributed by atoms with Gasteiger partial charge in [0.25, 0.3) is 5.69 Å². The van der Waals surface area contributed by atoms with Gasteiger partial charge in [-0.2, -0.15) is 0 Å². The molecule has 0 aromatic heterocycles. The van der Waals surface area contributed by atoms with Crippen LogP contribution in [0.4, 0.5) is 11.4 Å². The zero-order chi connectivity index (χ0) is 20.6. The van der Waals surface area contributed by atoms with Crippen LogP contribution in [0, 0.1) is 15.5 Å². The van der Waals surface area contributed by atoms with E-state index in [0.29, 0.717) is 12.0 Å². The maximum Gasteiger partial charge on any atom is 0.335 e. The minimum absolute atomic E-state index is 0.0507. The number of methoxy groups -OCH3 is 1. The number of rotatable bonds is 3. The number of esters is 1. The fraction of sp³-hybridized carbons (Fsp3) is 0.571. The summed E-state index contributed by atoms with van der Waals surface area (Å²) < 4.78 is 5.19. The van der Waals surface area contributed by atoms with E-state index in [9.17, 15) is 14.9 Å². The average molecular weight is 462 g/mol. The summed E-state index contributed by atoms with van der Waals surface area (Å²) in [6.07, 6.45) is 3.77. The number of nitrogens with one attached hydrogen (secondary N) is 1. The van der Waals surface area contributed by atoms with E-state index in [-0.39, 0.29) is 32.9 Å². The molecule has 1 spiro atoms. The van der Waals surface area contributed by atoms with Crippen LogP contribution in [-0.4, -0.2) is 46.9 Å². The van der Waals surface area contributed by atoms with Crippen LogP contribution in [0.1, 0.15) is 38.2 Å². The molecule has 0 bridgehead atoms. The molecule has 0 radical (unpaired) electrons. The van der Waals surface area contributed by atoms with Crippen LogP contribution in [0.15, 0.2) is 29.5 Å². The molecular formula is C21H24BrN3O4. The standard InChI is InChI=1S/C21H24BrN3O4/c1-3-20-7-4-8-24-11-16(22)21(19(20)24)14-9-12(25(27)28)5-6-15(14)23-17(21)13(10-20)18(26)29-2/h5-6,9,16,19,23H,3-4,7-8,10-11H2,1-2H3/t16-,19+,20+,21-/m1/s1. The number of anilines is 1. The summed E-state index contributed by atoms with van der Waals surface area (Å²) in [5.74, 6) is -0.302. The van der Waals surface area contributed by atoms with Crippen LogP contribution in [0.2, 0.25) is 0 Å². The first kappa shape index (κ1) is 19.1. The molecular weight excluding hydrogens is 438 g/mol. The number of ether oxygens (including phenoxy) is 1. The van der Waals surface area contributed by atoms with Crippen molar-refractivity contribution in [1.82, 2.24) is 4.90 Å². The highest BCUT2D eigenvalue weighted by Crippen LogP contribution is 2.66. The molecule has 29 heavy (non-hydrogen) atoms. The molecule has 7 nitrogen and oxygen atoms in total. The summed E-state index contributed by atoms with van der Waals surface area (Å²) in [6.45, 7) is 4.07. The molecule has 4 aliphatic rings. The summed E-state index contributed by atoms with van der Waals surface area (Å²) >= 11 is 3.96. The van der Waals surface area contributed by atoms with Crippen molar-refractivity contribution < 1.29 is 14.5 Å². The first-order valence-electron chi connectivity index (χ1n) is 10.1. The lowest BCUT2D eigenvalue weighted by Crippen LogP contribution is -2.61. The molecule has 3 aliphatic heterocycles. The minimum Gasteiger partial charge on any atom is -0.466 e. The molecule has 1 aliphatic carbocycles. The Kier molecular flexibility index (Phi) is 4.13. The van der Waals surface area contributed by atoms with Crippen molar-refractivity contribution in [3.63, 3.8) is 0 Å². The van der Waals surface area contributed by atoms with E-state index < -0.39 is 5.41 Å². The lowest BCUT2D eigenvalue weighted by atomic mass is 9.53. The van der Waals surface area contributed by atoms with Crippen LogP contribution in [0.25, 0.3) is 0 Å². The van der Waals surface area contributed by atoms with E-state index in [4.69, 9.17) is 4.74 Å². The van der Waals surface area contributed by atoms with Crippen molar-refractivity contribution in [2.45, 2.75) is 48.9 Å². The second-order valence-electron chi connectivity index (χ2n) is 8.69. The van der Waals surface area contributed by atoms with E-state index in [0.717, 1.165) is 49.3 Å². The van der Waals surface area contributed by atoms with Crippen molar-refractivity contribution in [3.05, 3.63) is 45.1 Å². The predicted octanol–water partition coefficient (Wildman–Crippen LogP) is 3.73. The number of piperidine rings is 1. The molecule has 0 unspecified atom stereocenters. The van der Waals surface area contributed by atoms with Crippen LogP contribution in [0.5, 0.6) is 0 Å². The SMILES string of the molecule is CC[C@]12CCCN3C[C@@H](Br)[C@]4(C(=C(C(=O)OC)C1)Nc1ccc([N+](=O)[O-])cc14)[C@@H]32. The third-order valence-corrected chi connectivity index (χ3v) is 8.70. The fourth-order valence-corrected chi connectivity index (χ4v) is 7.70. The highest BCUT2D eigenvalue weighted by Gasteiger charge is 2.69. The number of fused-ring (bicyclic) bond motifs is 1. The Morgan fingerprint density at radius 1 is 1.48 bits per heavy atom. The third-order valence-electron chi connectivity index (χ3n) is 7.68. The number of alkyl halides is 1. The normalized spacial score (nSPS) is 34.9. The molecule has 2 fully saturated rings. The van der Waals surface area contributed by atoms with E-state index in [1.165, 1.54) is 13.2 Å². The molecule has 5 rings (SSSR count). The van der Waals surface area contributed by atoms with Gasteiger partial charge in [0.05, 0.1) is 23.0 Å². The van der Waals surface area contributed by atoms with Gasteiger partial charge < -0.3 is 10.1 Å². The molecule has 154 valence electrons. The smallest absolute Gasteiger partial charge is 0.335 e. The van der Waals surface area contributed by atoms with Gasteiger partial charge in [-0.05, 0) is 49.3 Å². The number of non-ortho nitro benzene ring substituents is 1.